The number of amides is 1. The number of nitrogens with two attached hydrogens (primary N) is 1. The monoisotopic (exact) mass is 384 g/mol. The third kappa shape index (κ3) is 8.02. The Kier molecular flexibility index (Phi) is 10.4. The van der Waals surface area contributed by atoms with Crippen molar-refractivity contribution in [3.63, 3.8) is 0 Å². The van der Waals surface area contributed by atoms with Gasteiger partial charge in [0.2, 0.25) is 0 Å². The number of hydrogen-bond acceptors (Lipinski definition) is 5. The molecule has 0 spiro atoms. The summed E-state index contributed by atoms with van der Waals surface area (Å²) in [5, 5.41) is 3.31. The molecular formula is C21H28N4OS. The normalized spacial score (nSPS) is 16.5. The fourth-order valence-electron chi connectivity index (χ4n) is 2.19. The van der Waals surface area contributed by atoms with Crippen molar-refractivity contribution in [1.82, 2.24) is 14.9 Å². The second kappa shape index (κ2) is 12.6. The first kappa shape index (κ1) is 22.3. The molecule has 0 atom stereocenters. The second-order valence-corrected chi connectivity index (χ2v) is 6.42. The Morgan fingerprint density at radius 2 is 1.67 bits per heavy atom. The van der Waals surface area contributed by atoms with Crippen molar-refractivity contribution in [2.75, 3.05) is 26.2 Å². The third-order valence-corrected chi connectivity index (χ3v) is 4.57. The van der Waals surface area contributed by atoms with Gasteiger partial charge < -0.3 is 16.0 Å². The van der Waals surface area contributed by atoms with E-state index in [0.29, 0.717) is 11.3 Å². The molecule has 0 aromatic rings. The number of hydrogen-bond donors (Lipinski definition) is 3. The summed E-state index contributed by atoms with van der Waals surface area (Å²) >= 11 is 1.15. The predicted octanol–water partition coefficient (Wildman–Crippen LogP) is 2.94. The van der Waals surface area contributed by atoms with Gasteiger partial charge >= 0.3 is 0 Å². The minimum absolute atomic E-state index is 0.247. The van der Waals surface area contributed by atoms with Crippen LogP contribution in [0.15, 0.2) is 96.8 Å². The molecule has 0 aliphatic carbocycles. The molecule has 0 aromatic heterocycles. The summed E-state index contributed by atoms with van der Waals surface area (Å²) in [4.78, 5) is 15.4. The molecule has 5 nitrogen and oxygen atoms in total. The Bertz CT molecular complexity index is 695. The lowest BCUT2D eigenvalue weighted by Gasteiger charge is -2.30. The van der Waals surface area contributed by atoms with Crippen molar-refractivity contribution < 1.29 is 4.79 Å². The molecule has 0 radical (unpaired) electrons. The molecule has 0 unspecified atom stereocenters. The highest BCUT2D eigenvalue weighted by Gasteiger charge is 2.11. The van der Waals surface area contributed by atoms with E-state index >= 15 is 0 Å². The van der Waals surface area contributed by atoms with Gasteiger partial charge in [-0.2, -0.15) is 0 Å². The van der Waals surface area contributed by atoms with Crippen LogP contribution in [0.5, 0.6) is 0 Å². The van der Waals surface area contributed by atoms with Crippen molar-refractivity contribution in [1.29, 1.82) is 0 Å². The zero-order valence-corrected chi connectivity index (χ0v) is 16.4. The summed E-state index contributed by atoms with van der Waals surface area (Å²) < 4.78 is 2.77. The molecule has 1 rings (SSSR count). The molecule has 1 fully saturated rings. The van der Waals surface area contributed by atoms with E-state index in [2.05, 4.69) is 41.3 Å². The van der Waals surface area contributed by atoms with Gasteiger partial charge in [-0.05, 0) is 48.4 Å². The van der Waals surface area contributed by atoms with E-state index in [1.54, 1.807) is 36.5 Å². The van der Waals surface area contributed by atoms with E-state index in [-0.39, 0.29) is 5.91 Å². The predicted molar refractivity (Wildman–Crippen MR) is 117 cm³/mol. The quantitative estimate of drug-likeness (QED) is 0.307. The highest BCUT2D eigenvalue weighted by molar-refractivity contribution is 8.01. The van der Waals surface area contributed by atoms with E-state index in [0.717, 1.165) is 48.7 Å². The molecular weight excluding hydrogens is 356 g/mol. The molecule has 1 heterocycles. The van der Waals surface area contributed by atoms with Gasteiger partial charge in [0.1, 0.15) is 0 Å². The van der Waals surface area contributed by atoms with E-state index in [1.165, 1.54) is 6.08 Å². The first-order valence-electron chi connectivity index (χ1n) is 8.57. The summed E-state index contributed by atoms with van der Waals surface area (Å²) in [5.41, 5.74) is 7.64. The van der Waals surface area contributed by atoms with Gasteiger partial charge in [-0.15, -0.1) is 0 Å². The van der Waals surface area contributed by atoms with E-state index in [1.807, 2.05) is 6.08 Å². The summed E-state index contributed by atoms with van der Waals surface area (Å²) in [6, 6.07) is 0. The molecule has 4 N–H and O–H groups in total. The third-order valence-electron chi connectivity index (χ3n) is 3.75. The number of nitrogens with one attached hydrogen (secondary N) is 2. The van der Waals surface area contributed by atoms with Crippen molar-refractivity contribution in [3.05, 3.63) is 96.8 Å². The lowest BCUT2D eigenvalue weighted by Crippen LogP contribution is -2.42. The van der Waals surface area contributed by atoms with Crippen molar-refractivity contribution in [2.24, 2.45) is 5.73 Å². The van der Waals surface area contributed by atoms with Gasteiger partial charge in [-0.25, -0.2) is 0 Å². The van der Waals surface area contributed by atoms with Gasteiger partial charge in [0.25, 0.3) is 5.91 Å². The largest absolute Gasteiger partial charge is 0.399 e. The fourth-order valence-corrected chi connectivity index (χ4v) is 2.74. The Morgan fingerprint density at radius 1 is 0.963 bits per heavy atom. The van der Waals surface area contributed by atoms with Crippen LogP contribution in [0.4, 0.5) is 0 Å². The van der Waals surface area contributed by atoms with Crippen LogP contribution >= 0.6 is 11.9 Å². The minimum Gasteiger partial charge on any atom is -0.399 e. The topological polar surface area (TPSA) is 70.4 Å². The van der Waals surface area contributed by atoms with Crippen LogP contribution in [0, 0.1) is 0 Å². The molecule has 144 valence electrons. The molecule has 0 bridgehead atoms. The average Bonchev–Trinajstić information content (AvgIpc) is 2.71. The van der Waals surface area contributed by atoms with Crippen LogP contribution in [0.3, 0.4) is 0 Å². The first-order valence-corrected chi connectivity index (χ1v) is 9.39. The van der Waals surface area contributed by atoms with Crippen molar-refractivity contribution in [2.45, 2.75) is 0 Å². The Labute approximate surface area is 166 Å². The van der Waals surface area contributed by atoms with E-state index in [4.69, 9.17) is 5.73 Å². The summed E-state index contributed by atoms with van der Waals surface area (Å²) in [5.74, 6) is -0.247. The van der Waals surface area contributed by atoms with Gasteiger partial charge in [0.05, 0.1) is 0 Å². The molecule has 1 amide bonds. The van der Waals surface area contributed by atoms with Crippen molar-refractivity contribution in [3.8, 4) is 0 Å². The molecule has 0 saturated carbocycles. The zero-order chi connectivity index (χ0) is 20.1. The molecule has 6 heteroatoms. The smallest absolute Gasteiger partial charge is 0.261 e. The Morgan fingerprint density at radius 3 is 2.22 bits per heavy atom. The number of rotatable bonds is 10. The number of carbonyl (C=O) groups is 1. The molecule has 0 aromatic carbocycles. The standard InChI is InChI=1S/C21H28N4OS/c1-5-17(9-11-19(7-3)25-15-13-23-14-16-25)21(26)24-27-20(8-4)12-10-18(22)6-2/h5-12,23H,1-4,13-16,22H2,(H,24,26)/b17-9+,18-10+,19-11+,20-12+. The van der Waals surface area contributed by atoms with E-state index < -0.39 is 0 Å². The Hall–Kier alpha value is -2.70. The van der Waals surface area contributed by atoms with Gasteiger partial charge in [0, 0.05) is 48.1 Å². The fraction of sp³-hybridized carbons (Fsp3) is 0.190. The highest BCUT2D eigenvalue weighted by Crippen LogP contribution is 2.15. The van der Waals surface area contributed by atoms with Gasteiger partial charge in [-0.1, -0.05) is 38.5 Å². The number of carbonyl (C=O) groups excluding carboxylic acids is 1. The van der Waals surface area contributed by atoms with Crippen LogP contribution in [-0.4, -0.2) is 37.0 Å². The van der Waals surface area contributed by atoms with Crippen LogP contribution in [0.2, 0.25) is 0 Å². The Balaban J connectivity index is 2.79. The maximum Gasteiger partial charge on any atom is 0.261 e. The maximum atomic E-state index is 12.4. The van der Waals surface area contributed by atoms with Crippen molar-refractivity contribution >= 4 is 17.9 Å². The molecule has 27 heavy (non-hydrogen) atoms. The maximum absolute atomic E-state index is 12.4. The lowest BCUT2D eigenvalue weighted by molar-refractivity contribution is -0.115. The van der Waals surface area contributed by atoms with Gasteiger partial charge in [0.15, 0.2) is 0 Å². The number of piperazine rings is 1. The van der Waals surface area contributed by atoms with Crippen LogP contribution in [0.1, 0.15) is 0 Å². The molecule has 1 aliphatic rings. The summed E-state index contributed by atoms with van der Waals surface area (Å²) in [6.45, 7) is 18.6. The first-order chi connectivity index (χ1) is 13.0. The number of nitrogens with zero attached hydrogens (tertiary/aromatic N) is 1. The molecule has 1 aliphatic heterocycles. The summed E-state index contributed by atoms with van der Waals surface area (Å²) in [7, 11) is 0. The minimum atomic E-state index is -0.247. The SMILES string of the molecule is C=C/C(N)=C\C=C(/C=C)SNC(=O)/C(C=C)=C/C=C(\C=C)N1CCNCC1. The van der Waals surface area contributed by atoms with E-state index in [9.17, 15) is 4.79 Å². The highest BCUT2D eigenvalue weighted by atomic mass is 32.2. The van der Waals surface area contributed by atoms with Crippen LogP contribution in [0.25, 0.3) is 0 Å². The van der Waals surface area contributed by atoms with Crippen LogP contribution in [-0.2, 0) is 4.79 Å². The number of allylic oxidation sites excluding steroid dienone is 7. The zero-order valence-electron chi connectivity index (χ0n) is 15.6. The summed E-state index contributed by atoms with van der Waals surface area (Å²) in [6.07, 6.45) is 13.6. The van der Waals surface area contributed by atoms with Crippen LogP contribution < -0.4 is 15.8 Å². The van der Waals surface area contributed by atoms with Gasteiger partial charge in [-0.3, -0.25) is 9.52 Å². The lowest BCUT2D eigenvalue weighted by atomic mass is 10.2. The molecule has 1 saturated heterocycles. The second-order valence-electron chi connectivity index (χ2n) is 5.54. The average molecular weight is 385 g/mol.